The first-order valence-electron chi connectivity index (χ1n) is 6.13. The second-order valence-electron chi connectivity index (χ2n) is 4.45. The maximum atomic E-state index is 13.8. The van der Waals surface area contributed by atoms with Gasteiger partial charge >= 0.3 is 0 Å². The Morgan fingerprint density at radius 3 is 2.95 bits per heavy atom. The van der Waals surface area contributed by atoms with Crippen molar-refractivity contribution < 1.29 is 4.39 Å². The topological polar surface area (TPSA) is 35.8 Å². The largest absolute Gasteiger partial charge is 0.311 e. The third-order valence-electron chi connectivity index (χ3n) is 2.82. The number of nitrogens with zero attached hydrogens (tertiary/aromatic N) is 1. The van der Waals surface area contributed by atoms with Crippen LogP contribution in [-0.4, -0.2) is 6.54 Å². The lowest BCUT2D eigenvalue weighted by atomic mass is 10.1. The zero-order valence-electron chi connectivity index (χ0n) is 10.7. The first kappa shape index (κ1) is 13.7. The van der Waals surface area contributed by atoms with Gasteiger partial charge in [0.15, 0.2) is 0 Å². The van der Waals surface area contributed by atoms with Crippen LogP contribution in [0.1, 0.15) is 12.5 Å². The Labute approximate surface area is 116 Å². The second kappa shape index (κ2) is 6.46. The molecular formula is C15H15FN2S. The smallest absolute Gasteiger partial charge is 0.131 e. The highest BCUT2D eigenvalue weighted by atomic mass is 32.1. The molecule has 1 unspecified atom stereocenters. The lowest BCUT2D eigenvalue weighted by Gasteiger charge is -2.08. The lowest BCUT2D eigenvalue weighted by Crippen LogP contribution is -2.19. The molecule has 1 N–H and O–H groups in total. The van der Waals surface area contributed by atoms with Crippen LogP contribution < -0.4 is 5.32 Å². The van der Waals surface area contributed by atoms with E-state index in [1.807, 2.05) is 30.5 Å². The molecule has 1 aromatic heterocycles. The predicted octanol–water partition coefficient (Wildman–Crippen LogP) is 3.80. The number of hydrogen-bond acceptors (Lipinski definition) is 3. The van der Waals surface area contributed by atoms with Gasteiger partial charge in [-0.15, -0.1) is 11.3 Å². The minimum atomic E-state index is -0.198. The van der Waals surface area contributed by atoms with Gasteiger partial charge in [-0.3, -0.25) is 0 Å². The highest BCUT2D eigenvalue weighted by molar-refractivity contribution is 7.13. The molecule has 0 aliphatic rings. The van der Waals surface area contributed by atoms with Crippen LogP contribution in [0.2, 0.25) is 0 Å². The van der Waals surface area contributed by atoms with E-state index in [2.05, 4.69) is 11.4 Å². The summed E-state index contributed by atoms with van der Waals surface area (Å²) in [5, 5.41) is 13.8. The minimum Gasteiger partial charge on any atom is -0.311 e. The summed E-state index contributed by atoms with van der Waals surface area (Å²) in [6.07, 6.45) is 0. The quantitative estimate of drug-likeness (QED) is 0.900. The van der Waals surface area contributed by atoms with Gasteiger partial charge in [-0.05, 0) is 36.1 Å². The molecule has 0 aliphatic carbocycles. The summed E-state index contributed by atoms with van der Waals surface area (Å²) in [4.78, 5) is 0.935. The van der Waals surface area contributed by atoms with Gasteiger partial charge in [-0.25, -0.2) is 4.39 Å². The van der Waals surface area contributed by atoms with Gasteiger partial charge in [-0.2, -0.15) is 5.26 Å². The van der Waals surface area contributed by atoms with Gasteiger partial charge in [0, 0.05) is 23.5 Å². The van der Waals surface area contributed by atoms with E-state index in [-0.39, 0.29) is 11.7 Å². The summed E-state index contributed by atoms with van der Waals surface area (Å²) >= 11 is 1.53. The van der Waals surface area contributed by atoms with Gasteiger partial charge in [0.05, 0.1) is 12.0 Å². The van der Waals surface area contributed by atoms with Crippen LogP contribution >= 0.6 is 11.3 Å². The number of nitriles is 1. The fourth-order valence-corrected chi connectivity index (χ4v) is 2.53. The molecule has 98 valence electrons. The van der Waals surface area contributed by atoms with Crippen molar-refractivity contribution in [2.45, 2.75) is 13.5 Å². The molecule has 1 atom stereocenters. The third-order valence-corrected chi connectivity index (χ3v) is 3.72. The first-order chi connectivity index (χ1) is 9.20. The molecule has 4 heteroatoms. The van der Waals surface area contributed by atoms with E-state index < -0.39 is 0 Å². The summed E-state index contributed by atoms with van der Waals surface area (Å²) in [6.45, 7) is 3.15. The average molecular weight is 274 g/mol. The SMILES string of the molecule is CC(C#N)CNCc1ccc(F)c(-c2cccs2)c1. The van der Waals surface area contributed by atoms with Gasteiger partial charge in [0.25, 0.3) is 0 Å². The van der Waals surface area contributed by atoms with E-state index in [0.29, 0.717) is 18.7 Å². The average Bonchev–Trinajstić information content (AvgIpc) is 2.94. The molecule has 0 spiro atoms. The van der Waals surface area contributed by atoms with Gasteiger partial charge in [0.1, 0.15) is 5.82 Å². The number of halogens is 1. The third kappa shape index (κ3) is 3.63. The number of thiophene rings is 1. The maximum Gasteiger partial charge on any atom is 0.131 e. The number of nitrogens with one attached hydrogen (secondary N) is 1. The Hall–Kier alpha value is -1.70. The fraction of sp³-hybridized carbons (Fsp3) is 0.267. The molecule has 19 heavy (non-hydrogen) atoms. The standard InChI is InChI=1S/C15H15FN2S/c1-11(8-17)9-18-10-12-4-5-14(16)13(7-12)15-3-2-6-19-15/h2-7,11,18H,9-10H2,1H3. The highest BCUT2D eigenvalue weighted by Crippen LogP contribution is 2.28. The van der Waals surface area contributed by atoms with E-state index in [4.69, 9.17) is 5.26 Å². The molecule has 1 heterocycles. The van der Waals surface area contributed by atoms with Crippen LogP contribution in [0.15, 0.2) is 35.7 Å². The Kier molecular flexibility index (Phi) is 4.67. The molecule has 1 aromatic carbocycles. The number of benzene rings is 1. The van der Waals surface area contributed by atoms with Crippen molar-refractivity contribution >= 4 is 11.3 Å². The van der Waals surface area contributed by atoms with E-state index in [0.717, 1.165) is 10.4 Å². The summed E-state index contributed by atoms with van der Waals surface area (Å²) in [5.74, 6) is -0.214. The molecule has 0 amide bonds. The van der Waals surface area contributed by atoms with Gasteiger partial charge in [0.2, 0.25) is 0 Å². The van der Waals surface area contributed by atoms with E-state index in [9.17, 15) is 4.39 Å². The van der Waals surface area contributed by atoms with Crippen LogP contribution in [0.4, 0.5) is 4.39 Å². The molecule has 2 nitrogen and oxygen atoms in total. The van der Waals surface area contributed by atoms with Crippen molar-refractivity contribution in [1.29, 1.82) is 5.26 Å². The highest BCUT2D eigenvalue weighted by Gasteiger charge is 2.07. The number of hydrogen-bond donors (Lipinski definition) is 1. The van der Waals surface area contributed by atoms with Crippen molar-refractivity contribution in [3.63, 3.8) is 0 Å². The number of rotatable bonds is 5. The molecule has 2 rings (SSSR count). The normalized spacial score (nSPS) is 12.1. The molecule has 0 radical (unpaired) electrons. The summed E-state index contributed by atoms with van der Waals surface area (Å²) in [5.41, 5.74) is 1.66. The lowest BCUT2D eigenvalue weighted by molar-refractivity contribution is 0.599. The van der Waals surface area contributed by atoms with Gasteiger partial charge in [-0.1, -0.05) is 12.1 Å². The van der Waals surface area contributed by atoms with Crippen LogP contribution in [0, 0.1) is 23.1 Å². The van der Waals surface area contributed by atoms with Crippen molar-refractivity contribution in [2.75, 3.05) is 6.54 Å². The summed E-state index contributed by atoms with van der Waals surface area (Å²) < 4.78 is 13.8. The van der Waals surface area contributed by atoms with Crippen molar-refractivity contribution in [3.05, 3.63) is 47.1 Å². The van der Waals surface area contributed by atoms with Crippen LogP contribution in [0.5, 0.6) is 0 Å². The van der Waals surface area contributed by atoms with Crippen molar-refractivity contribution in [2.24, 2.45) is 5.92 Å². The maximum absolute atomic E-state index is 13.8. The Balaban J connectivity index is 2.07. The monoisotopic (exact) mass is 274 g/mol. The minimum absolute atomic E-state index is 0.0165. The Morgan fingerprint density at radius 1 is 1.42 bits per heavy atom. The molecule has 0 aliphatic heterocycles. The Bertz CT molecular complexity index is 572. The second-order valence-corrected chi connectivity index (χ2v) is 5.40. The van der Waals surface area contributed by atoms with Crippen LogP contribution in [0.25, 0.3) is 10.4 Å². The van der Waals surface area contributed by atoms with Crippen LogP contribution in [0.3, 0.4) is 0 Å². The molecule has 0 bridgehead atoms. The zero-order chi connectivity index (χ0) is 13.7. The predicted molar refractivity (Wildman–Crippen MR) is 76.2 cm³/mol. The van der Waals surface area contributed by atoms with Crippen LogP contribution in [-0.2, 0) is 6.54 Å². The van der Waals surface area contributed by atoms with Crippen molar-refractivity contribution in [3.8, 4) is 16.5 Å². The molecule has 0 fully saturated rings. The van der Waals surface area contributed by atoms with E-state index in [1.165, 1.54) is 17.4 Å². The van der Waals surface area contributed by atoms with E-state index >= 15 is 0 Å². The Morgan fingerprint density at radius 2 is 2.26 bits per heavy atom. The molecule has 0 saturated carbocycles. The fourth-order valence-electron chi connectivity index (χ4n) is 1.78. The summed E-state index contributed by atoms with van der Waals surface area (Å²) in [6, 6.07) is 11.1. The van der Waals surface area contributed by atoms with Crippen molar-refractivity contribution in [1.82, 2.24) is 5.32 Å². The van der Waals surface area contributed by atoms with E-state index in [1.54, 1.807) is 6.07 Å². The summed E-state index contributed by atoms with van der Waals surface area (Å²) in [7, 11) is 0. The van der Waals surface area contributed by atoms with Gasteiger partial charge < -0.3 is 5.32 Å². The molecule has 0 saturated heterocycles. The zero-order valence-corrected chi connectivity index (χ0v) is 11.5. The first-order valence-corrected chi connectivity index (χ1v) is 7.01. The molecule has 2 aromatic rings. The molecular weight excluding hydrogens is 259 g/mol.